The second-order valence-corrected chi connectivity index (χ2v) is 10.2. The topological polar surface area (TPSA) is 81.9 Å². The molecule has 2 aromatic heterocycles. The summed E-state index contributed by atoms with van der Waals surface area (Å²) in [5.74, 6) is 2.07. The van der Waals surface area contributed by atoms with Gasteiger partial charge >= 0.3 is 0 Å². The molecule has 3 heterocycles. The SMILES string of the molecule is CC1(C)CC(=O)C2=C(C1)Nc1nc(-c3cccnc3)nn1C2c1cccc(OCc2ccccc2)c1. The molecule has 1 aliphatic carbocycles. The van der Waals surface area contributed by atoms with Crippen LogP contribution in [0.25, 0.3) is 11.4 Å². The number of nitrogens with one attached hydrogen (secondary N) is 1. The number of carbonyl (C=O) groups excluding carboxylic acids is 1. The summed E-state index contributed by atoms with van der Waals surface area (Å²) in [5.41, 5.74) is 4.41. The summed E-state index contributed by atoms with van der Waals surface area (Å²) in [5, 5.41) is 8.27. The largest absolute Gasteiger partial charge is 0.489 e. The van der Waals surface area contributed by atoms with Gasteiger partial charge in [0.05, 0.1) is 0 Å². The van der Waals surface area contributed by atoms with E-state index >= 15 is 0 Å². The third-order valence-corrected chi connectivity index (χ3v) is 6.67. The van der Waals surface area contributed by atoms with Crippen molar-refractivity contribution in [1.29, 1.82) is 0 Å². The van der Waals surface area contributed by atoms with Crippen LogP contribution in [-0.4, -0.2) is 25.5 Å². The molecule has 1 atom stereocenters. The molecular weight excluding hydrogens is 450 g/mol. The Kier molecular flexibility index (Phi) is 5.40. The molecule has 4 aromatic rings. The number of carbonyl (C=O) groups is 1. The van der Waals surface area contributed by atoms with Crippen molar-refractivity contribution in [3.8, 4) is 17.1 Å². The number of allylic oxidation sites excluding steroid dienone is 2. The predicted molar refractivity (Wildman–Crippen MR) is 137 cm³/mol. The van der Waals surface area contributed by atoms with Gasteiger partial charge in [-0.05, 0) is 47.2 Å². The van der Waals surface area contributed by atoms with Crippen molar-refractivity contribution in [2.75, 3.05) is 5.32 Å². The summed E-state index contributed by atoms with van der Waals surface area (Å²) in [6.45, 7) is 4.73. The fourth-order valence-corrected chi connectivity index (χ4v) is 5.05. The highest BCUT2D eigenvalue weighted by Gasteiger charge is 2.42. The molecule has 0 saturated carbocycles. The van der Waals surface area contributed by atoms with Crippen molar-refractivity contribution in [1.82, 2.24) is 19.7 Å². The van der Waals surface area contributed by atoms with Crippen LogP contribution in [0.5, 0.6) is 5.75 Å². The average Bonchev–Trinajstić information content (AvgIpc) is 3.30. The number of pyridine rings is 1. The molecule has 0 bridgehead atoms. The maximum Gasteiger partial charge on any atom is 0.226 e. The Balaban J connectivity index is 1.42. The minimum Gasteiger partial charge on any atom is -0.489 e. The van der Waals surface area contributed by atoms with E-state index in [4.69, 9.17) is 14.8 Å². The second kappa shape index (κ2) is 8.75. The number of ketones is 1. The number of aromatic nitrogens is 4. The smallest absolute Gasteiger partial charge is 0.226 e. The first-order chi connectivity index (χ1) is 17.5. The normalized spacial score (nSPS) is 18.3. The summed E-state index contributed by atoms with van der Waals surface area (Å²) < 4.78 is 7.94. The minimum absolute atomic E-state index is 0.123. The number of ether oxygens (including phenoxy) is 1. The Hall–Kier alpha value is -4.26. The number of fused-ring (bicyclic) bond motifs is 1. The zero-order valence-corrected chi connectivity index (χ0v) is 20.3. The summed E-state index contributed by atoms with van der Waals surface area (Å²) in [6.07, 6.45) is 4.73. The molecule has 0 saturated heterocycles. The van der Waals surface area contributed by atoms with E-state index in [1.807, 2.05) is 71.4 Å². The Bertz CT molecular complexity index is 1460. The molecule has 7 nitrogen and oxygen atoms in total. The van der Waals surface area contributed by atoms with E-state index in [-0.39, 0.29) is 11.2 Å². The van der Waals surface area contributed by atoms with Crippen molar-refractivity contribution in [3.63, 3.8) is 0 Å². The van der Waals surface area contributed by atoms with Crippen LogP contribution >= 0.6 is 0 Å². The molecule has 0 amide bonds. The highest BCUT2D eigenvalue weighted by molar-refractivity contribution is 6.00. The van der Waals surface area contributed by atoms with Gasteiger partial charge in [-0.3, -0.25) is 9.78 Å². The van der Waals surface area contributed by atoms with E-state index < -0.39 is 6.04 Å². The van der Waals surface area contributed by atoms with Crippen LogP contribution in [0.4, 0.5) is 5.95 Å². The lowest BCUT2D eigenvalue weighted by Gasteiger charge is -2.38. The van der Waals surface area contributed by atoms with Crippen molar-refractivity contribution in [2.24, 2.45) is 5.41 Å². The third kappa shape index (κ3) is 4.17. The summed E-state index contributed by atoms with van der Waals surface area (Å²) in [6, 6.07) is 21.4. The van der Waals surface area contributed by atoms with Gasteiger partial charge in [0, 0.05) is 35.6 Å². The van der Waals surface area contributed by atoms with E-state index in [0.29, 0.717) is 24.8 Å². The lowest BCUT2D eigenvalue weighted by Crippen LogP contribution is -2.36. The fourth-order valence-electron chi connectivity index (χ4n) is 5.05. The molecule has 1 unspecified atom stereocenters. The molecule has 1 N–H and O–H groups in total. The van der Waals surface area contributed by atoms with Crippen molar-refractivity contribution in [2.45, 2.75) is 39.3 Å². The standard InChI is InChI=1S/C29H27N5O2/c1-29(2)15-23-25(24(35)16-29)26(34-28(31-23)32-27(33-34)21-11-7-13-30-17-21)20-10-6-12-22(14-20)36-18-19-8-4-3-5-9-19/h3-14,17,26H,15-16,18H2,1-2H3,(H,31,32,33). The Morgan fingerprint density at radius 3 is 2.72 bits per heavy atom. The molecule has 1 aliphatic heterocycles. The first-order valence-electron chi connectivity index (χ1n) is 12.1. The predicted octanol–water partition coefficient (Wildman–Crippen LogP) is 5.58. The third-order valence-electron chi connectivity index (χ3n) is 6.67. The second-order valence-electron chi connectivity index (χ2n) is 10.2. The van der Waals surface area contributed by atoms with Crippen LogP contribution in [-0.2, 0) is 11.4 Å². The molecule has 0 spiro atoms. The lowest BCUT2D eigenvalue weighted by molar-refractivity contribution is -0.118. The summed E-state index contributed by atoms with van der Waals surface area (Å²) >= 11 is 0. The highest BCUT2D eigenvalue weighted by Crippen LogP contribution is 2.46. The number of anilines is 1. The number of benzene rings is 2. The number of nitrogens with zero attached hydrogens (tertiary/aromatic N) is 4. The van der Waals surface area contributed by atoms with Gasteiger partial charge in [-0.2, -0.15) is 4.98 Å². The summed E-state index contributed by atoms with van der Waals surface area (Å²) in [4.78, 5) is 22.5. The molecule has 0 radical (unpaired) electrons. The number of Topliss-reactive ketones (excluding diaryl/α,β-unsaturated/α-hetero) is 1. The molecule has 6 rings (SSSR count). The van der Waals surface area contributed by atoms with Gasteiger partial charge in [0.25, 0.3) is 0 Å². The summed E-state index contributed by atoms with van der Waals surface area (Å²) in [7, 11) is 0. The van der Waals surface area contributed by atoms with E-state index in [1.165, 1.54) is 0 Å². The van der Waals surface area contributed by atoms with Crippen LogP contribution in [0.3, 0.4) is 0 Å². The van der Waals surface area contributed by atoms with Gasteiger partial charge in [0.15, 0.2) is 11.6 Å². The van der Waals surface area contributed by atoms with Gasteiger partial charge in [-0.1, -0.05) is 56.3 Å². The lowest BCUT2D eigenvalue weighted by atomic mass is 9.73. The minimum atomic E-state index is -0.391. The average molecular weight is 478 g/mol. The van der Waals surface area contributed by atoms with Crippen LogP contribution < -0.4 is 10.1 Å². The molecule has 36 heavy (non-hydrogen) atoms. The molecule has 2 aromatic carbocycles. The van der Waals surface area contributed by atoms with Gasteiger partial charge < -0.3 is 10.1 Å². The van der Waals surface area contributed by atoms with Crippen LogP contribution in [0.2, 0.25) is 0 Å². The van der Waals surface area contributed by atoms with Gasteiger partial charge in [-0.15, -0.1) is 5.10 Å². The van der Waals surface area contributed by atoms with Crippen LogP contribution in [0, 0.1) is 5.41 Å². The maximum atomic E-state index is 13.5. The number of rotatable bonds is 5. The van der Waals surface area contributed by atoms with Gasteiger partial charge in [0.2, 0.25) is 5.95 Å². The molecule has 7 heteroatoms. The fraction of sp³-hybridized carbons (Fsp3) is 0.241. The molecule has 0 fully saturated rings. The first kappa shape index (κ1) is 22.2. The van der Waals surface area contributed by atoms with E-state index in [1.54, 1.807) is 12.4 Å². The van der Waals surface area contributed by atoms with E-state index in [9.17, 15) is 4.79 Å². The van der Waals surface area contributed by atoms with Crippen LogP contribution in [0.1, 0.15) is 43.9 Å². The van der Waals surface area contributed by atoms with Gasteiger partial charge in [0.1, 0.15) is 18.4 Å². The molecule has 2 aliphatic rings. The Morgan fingerprint density at radius 2 is 1.92 bits per heavy atom. The first-order valence-corrected chi connectivity index (χ1v) is 12.1. The Labute approximate surface area is 209 Å². The zero-order valence-electron chi connectivity index (χ0n) is 20.3. The molecule has 180 valence electrons. The van der Waals surface area contributed by atoms with Crippen LogP contribution in [0.15, 0.2) is 90.4 Å². The van der Waals surface area contributed by atoms with Crippen molar-refractivity contribution in [3.05, 3.63) is 102 Å². The maximum absolute atomic E-state index is 13.5. The van der Waals surface area contributed by atoms with E-state index in [2.05, 4.69) is 24.1 Å². The molecular formula is C29H27N5O2. The number of hydrogen-bond donors (Lipinski definition) is 1. The van der Waals surface area contributed by atoms with Crippen molar-refractivity contribution < 1.29 is 9.53 Å². The number of hydrogen-bond acceptors (Lipinski definition) is 6. The highest BCUT2D eigenvalue weighted by atomic mass is 16.5. The quantitative estimate of drug-likeness (QED) is 0.404. The monoisotopic (exact) mass is 477 g/mol. The zero-order chi connectivity index (χ0) is 24.7. The van der Waals surface area contributed by atoms with E-state index in [0.717, 1.165) is 40.1 Å². The van der Waals surface area contributed by atoms with Gasteiger partial charge in [-0.25, -0.2) is 4.68 Å². The van der Waals surface area contributed by atoms with Crippen molar-refractivity contribution >= 4 is 11.7 Å². The Morgan fingerprint density at radius 1 is 1.06 bits per heavy atom.